The Hall–Kier alpha value is -5.08. The SMILES string of the molecule is CC(C)C[C@H](NC(=O)[C@H](CC(C)C)NC(=O)[C@H](Cc1ccc(O)c(B(O)O)c1)NC(=O)[C@H](CC(C)C)NC(=O)[C@H](CCCCN)NC(=O)[C@H](CCCCN)NC(=O)[C@@H](N)Cc1ccc(O)c(I)c1)C(N)=O. The fourth-order valence-electron chi connectivity index (χ4n) is 7.69. The molecule has 0 saturated carbocycles. The summed E-state index contributed by atoms with van der Waals surface area (Å²) >= 11 is 1.96. The van der Waals surface area contributed by atoms with Gasteiger partial charge in [-0.15, -0.1) is 0 Å². The topological polar surface area (TPSA) is 377 Å². The highest BCUT2D eigenvalue weighted by atomic mass is 127. The first-order valence-electron chi connectivity index (χ1n) is 24.3. The average molecular weight is 1110 g/mol. The molecular weight excluding hydrogens is 1030 g/mol. The van der Waals surface area contributed by atoms with Crippen molar-refractivity contribution in [3.8, 4) is 11.5 Å². The Morgan fingerprint density at radius 3 is 1.35 bits per heavy atom. The molecule has 2 aromatic rings. The van der Waals surface area contributed by atoms with Gasteiger partial charge in [-0.05, 0) is 147 Å². The molecule has 0 fully saturated rings. The minimum atomic E-state index is -2.08. The van der Waals surface area contributed by atoms with Gasteiger partial charge in [-0.3, -0.25) is 33.6 Å². The zero-order chi connectivity index (χ0) is 53.5. The van der Waals surface area contributed by atoms with Crippen molar-refractivity contribution < 1.29 is 53.8 Å². The van der Waals surface area contributed by atoms with Crippen molar-refractivity contribution in [3.05, 3.63) is 51.1 Å². The Kier molecular flexibility index (Phi) is 27.4. The van der Waals surface area contributed by atoms with Gasteiger partial charge < -0.3 is 75.1 Å². The van der Waals surface area contributed by atoms with Crippen LogP contribution in [-0.2, 0) is 46.4 Å². The first kappa shape index (κ1) is 62.0. The van der Waals surface area contributed by atoms with E-state index < -0.39 is 96.5 Å². The number of unbranched alkanes of at least 4 members (excludes halogenated alkanes) is 2. The quantitative estimate of drug-likeness (QED) is 0.0245. The molecule has 0 saturated heterocycles. The maximum absolute atomic E-state index is 14.4. The Morgan fingerprint density at radius 1 is 0.535 bits per heavy atom. The van der Waals surface area contributed by atoms with Crippen LogP contribution in [0.5, 0.6) is 11.5 Å². The van der Waals surface area contributed by atoms with E-state index >= 15 is 0 Å². The lowest BCUT2D eigenvalue weighted by molar-refractivity contribution is -0.136. The van der Waals surface area contributed by atoms with E-state index in [-0.39, 0.29) is 79.5 Å². The van der Waals surface area contributed by atoms with Crippen molar-refractivity contribution >= 4 is 76.5 Å². The number of aromatic hydroxyl groups is 2. The van der Waals surface area contributed by atoms with Crippen molar-refractivity contribution in [3.63, 3.8) is 0 Å². The van der Waals surface area contributed by atoms with Crippen LogP contribution in [0.1, 0.15) is 110 Å². The van der Waals surface area contributed by atoms with Gasteiger partial charge in [-0.25, -0.2) is 0 Å². The molecule has 0 spiro atoms. The summed E-state index contributed by atoms with van der Waals surface area (Å²) in [6.07, 6.45) is 2.41. The number of carbonyl (C=O) groups excluding carboxylic acids is 7. The van der Waals surface area contributed by atoms with Crippen LogP contribution in [0.4, 0.5) is 0 Å². The average Bonchev–Trinajstić information content (AvgIpc) is 3.28. The monoisotopic (exact) mass is 1110 g/mol. The number of benzene rings is 2. The first-order valence-corrected chi connectivity index (χ1v) is 25.4. The molecule has 23 heteroatoms. The molecule has 21 nitrogen and oxygen atoms in total. The lowest BCUT2D eigenvalue weighted by atomic mass is 9.78. The number of rotatable bonds is 32. The van der Waals surface area contributed by atoms with Gasteiger partial charge in [0.25, 0.3) is 0 Å². The Balaban J connectivity index is 2.50. The Labute approximate surface area is 431 Å². The molecule has 0 bridgehead atoms. The standard InChI is InChI=1S/C48H78BIN10O11/c1-26(2)19-36(42(54)63)57-46(67)37(20-27(3)4)59-48(69)39(25-29-13-15-40(61)31(22-29)49(70)71)60-47(68)38(21-28(5)6)58-45(66)35(12-8-10-18-52)56-44(65)34(11-7-9-17-51)55-43(64)33(53)24-30-14-16-41(62)32(50)23-30/h13-16,22-23,26-28,33-39,61-62,70-71H,7-12,17-21,24-25,51-53H2,1-6H3,(H2,54,63)(H,55,64)(H,56,65)(H,57,67)(H,58,66)(H,59,69)(H,60,68)/t33-,34-,35-,36-,37-,38-,39-/m0/s1. The lowest BCUT2D eigenvalue weighted by Gasteiger charge is -2.29. The molecule has 0 aliphatic carbocycles. The third-order valence-electron chi connectivity index (χ3n) is 11.5. The van der Waals surface area contributed by atoms with Gasteiger partial charge in [0.2, 0.25) is 41.4 Å². The number of nitrogens with two attached hydrogens (primary N) is 4. The number of hydrogen-bond donors (Lipinski definition) is 14. The molecule has 2 rings (SSSR count). The predicted molar refractivity (Wildman–Crippen MR) is 279 cm³/mol. The van der Waals surface area contributed by atoms with E-state index in [0.717, 1.165) is 0 Å². The number of primary amides is 1. The Morgan fingerprint density at radius 2 is 0.915 bits per heavy atom. The number of carbonyl (C=O) groups is 7. The van der Waals surface area contributed by atoms with Crippen LogP contribution in [0.25, 0.3) is 0 Å². The highest BCUT2D eigenvalue weighted by Gasteiger charge is 2.35. The normalized spacial score (nSPS) is 14.4. The van der Waals surface area contributed by atoms with Gasteiger partial charge in [0.05, 0.1) is 9.61 Å². The van der Waals surface area contributed by atoms with Crippen LogP contribution in [0, 0.1) is 21.3 Å². The van der Waals surface area contributed by atoms with Gasteiger partial charge in [-0.2, -0.15) is 0 Å². The van der Waals surface area contributed by atoms with E-state index in [1.807, 2.05) is 64.1 Å². The minimum Gasteiger partial charge on any atom is -0.508 e. The van der Waals surface area contributed by atoms with Crippen LogP contribution in [0.2, 0.25) is 0 Å². The molecule has 0 heterocycles. The number of halogens is 1. The summed E-state index contributed by atoms with van der Waals surface area (Å²) in [5.41, 5.74) is 24.1. The molecule has 0 unspecified atom stereocenters. The molecule has 0 aromatic heterocycles. The van der Waals surface area contributed by atoms with Gasteiger partial charge >= 0.3 is 7.12 Å². The Bertz CT molecular complexity index is 2080. The maximum atomic E-state index is 14.4. The summed E-state index contributed by atoms with van der Waals surface area (Å²) in [5, 5.41) is 56.4. The summed E-state index contributed by atoms with van der Waals surface area (Å²) in [4.78, 5) is 96.6. The predicted octanol–water partition coefficient (Wildman–Crippen LogP) is -0.715. The number of nitrogens with one attached hydrogen (secondary N) is 6. The third-order valence-corrected chi connectivity index (χ3v) is 12.3. The van der Waals surface area contributed by atoms with Gasteiger partial charge in [0.1, 0.15) is 47.8 Å². The summed E-state index contributed by atoms with van der Waals surface area (Å²) in [6, 6.07) is 0.294. The largest absolute Gasteiger partial charge is 0.508 e. The molecule has 7 amide bonds. The van der Waals surface area contributed by atoms with Crippen molar-refractivity contribution in [1.29, 1.82) is 0 Å². The number of amides is 7. The fourth-order valence-corrected chi connectivity index (χ4v) is 8.27. The van der Waals surface area contributed by atoms with Crippen molar-refractivity contribution in [2.24, 2.45) is 40.7 Å². The van der Waals surface area contributed by atoms with E-state index in [9.17, 15) is 53.8 Å². The second-order valence-corrected chi connectivity index (χ2v) is 20.5. The van der Waals surface area contributed by atoms with Crippen molar-refractivity contribution in [2.45, 2.75) is 154 Å². The molecule has 396 valence electrons. The summed E-state index contributed by atoms with van der Waals surface area (Å²) < 4.78 is 0.572. The van der Waals surface area contributed by atoms with E-state index in [4.69, 9.17) is 22.9 Å². The fraction of sp³-hybridized carbons (Fsp3) is 0.604. The molecular formula is C48H78BIN10O11. The van der Waals surface area contributed by atoms with E-state index in [1.54, 1.807) is 12.1 Å². The van der Waals surface area contributed by atoms with Gasteiger partial charge in [-0.1, -0.05) is 59.7 Å². The smallest absolute Gasteiger partial charge is 0.492 e. The zero-order valence-electron chi connectivity index (χ0n) is 41.8. The zero-order valence-corrected chi connectivity index (χ0v) is 44.0. The second-order valence-electron chi connectivity index (χ2n) is 19.3. The molecule has 71 heavy (non-hydrogen) atoms. The summed E-state index contributed by atoms with van der Waals surface area (Å²) in [5.74, 6) is -5.81. The highest BCUT2D eigenvalue weighted by Crippen LogP contribution is 2.21. The van der Waals surface area contributed by atoms with Crippen LogP contribution in [0.15, 0.2) is 36.4 Å². The number of phenols is 2. The molecule has 0 radical (unpaired) electrons. The van der Waals surface area contributed by atoms with Crippen LogP contribution >= 0.6 is 22.6 Å². The van der Waals surface area contributed by atoms with Crippen LogP contribution < -0.4 is 60.3 Å². The second kappa shape index (κ2) is 31.4. The number of hydrogen-bond acceptors (Lipinski definition) is 14. The molecule has 18 N–H and O–H groups in total. The minimum absolute atomic E-state index is 0.0104. The highest BCUT2D eigenvalue weighted by molar-refractivity contribution is 14.1. The molecule has 0 aliphatic heterocycles. The van der Waals surface area contributed by atoms with Gasteiger partial charge in [0.15, 0.2) is 0 Å². The maximum Gasteiger partial charge on any atom is 0.492 e. The third kappa shape index (κ3) is 22.5. The molecule has 2 aromatic carbocycles. The first-order chi connectivity index (χ1) is 33.4. The lowest BCUT2D eigenvalue weighted by Crippen LogP contribution is -2.60. The van der Waals surface area contributed by atoms with E-state index in [1.165, 1.54) is 24.3 Å². The molecule has 0 aliphatic rings. The van der Waals surface area contributed by atoms with Gasteiger partial charge in [0, 0.05) is 11.9 Å². The summed E-state index contributed by atoms with van der Waals surface area (Å²) in [6.45, 7) is 11.6. The van der Waals surface area contributed by atoms with Crippen LogP contribution in [0.3, 0.4) is 0 Å². The molecule has 7 atom stereocenters. The number of phenolic OH excluding ortho intramolecular Hbond substituents is 2. The van der Waals surface area contributed by atoms with Crippen LogP contribution in [-0.4, -0.2) is 124 Å². The van der Waals surface area contributed by atoms with E-state index in [2.05, 4.69) is 31.9 Å². The van der Waals surface area contributed by atoms with Crippen molar-refractivity contribution in [2.75, 3.05) is 13.1 Å². The van der Waals surface area contributed by atoms with E-state index in [0.29, 0.717) is 47.9 Å². The van der Waals surface area contributed by atoms with Crippen molar-refractivity contribution in [1.82, 2.24) is 31.9 Å². The summed E-state index contributed by atoms with van der Waals surface area (Å²) in [7, 11) is -2.08.